The highest BCUT2D eigenvalue weighted by atomic mass is 35.5. The molecule has 76 valence electrons. The van der Waals surface area contributed by atoms with E-state index in [0.717, 1.165) is 25.9 Å². The lowest BCUT2D eigenvalue weighted by Gasteiger charge is -2.23. The molecule has 0 saturated carbocycles. The lowest BCUT2D eigenvalue weighted by Crippen LogP contribution is -2.37. The minimum absolute atomic E-state index is 0.230. The minimum atomic E-state index is 0.230. The number of nitrogens with zero attached hydrogens (tertiary/aromatic N) is 2. The van der Waals surface area contributed by atoms with E-state index in [1.54, 1.807) is 12.4 Å². The molecule has 1 N–H and O–H groups in total. The van der Waals surface area contributed by atoms with E-state index < -0.39 is 0 Å². The number of aromatic nitrogens is 2. The number of hydrogen-bond donors (Lipinski definition) is 1. The summed E-state index contributed by atoms with van der Waals surface area (Å²) in [4.78, 5) is 7.71. The van der Waals surface area contributed by atoms with E-state index in [0.29, 0.717) is 5.75 Å². The zero-order chi connectivity index (χ0) is 9.80. The Bertz CT molecular complexity index is 285. The van der Waals surface area contributed by atoms with Crippen molar-refractivity contribution in [1.82, 2.24) is 15.3 Å². The van der Waals surface area contributed by atoms with Gasteiger partial charge < -0.3 is 10.1 Å². The van der Waals surface area contributed by atoms with Crippen molar-refractivity contribution in [2.45, 2.75) is 18.9 Å². The van der Waals surface area contributed by atoms with E-state index in [9.17, 15) is 0 Å². The van der Waals surface area contributed by atoms with Crippen molar-refractivity contribution in [2.24, 2.45) is 0 Å². The van der Waals surface area contributed by atoms with E-state index in [4.69, 9.17) is 16.3 Å². The van der Waals surface area contributed by atoms with Crippen molar-refractivity contribution in [1.29, 1.82) is 0 Å². The van der Waals surface area contributed by atoms with Crippen molar-refractivity contribution in [3.63, 3.8) is 0 Å². The topological polar surface area (TPSA) is 47.0 Å². The monoisotopic (exact) mass is 213 g/mol. The first-order valence-electron chi connectivity index (χ1n) is 4.69. The SMILES string of the molecule is Clc1ncc(OC2CCCNC2)cn1. The summed E-state index contributed by atoms with van der Waals surface area (Å²) in [5.74, 6) is 0.683. The van der Waals surface area contributed by atoms with E-state index >= 15 is 0 Å². The third-order valence-electron chi connectivity index (χ3n) is 2.15. The van der Waals surface area contributed by atoms with E-state index in [1.165, 1.54) is 0 Å². The molecule has 1 aliphatic rings. The molecule has 0 radical (unpaired) electrons. The molecule has 1 fully saturated rings. The van der Waals surface area contributed by atoms with Gasteiger partial charge in [0.15, 0.2) is 5.75 Å². The van der Waals surface area contributed by atoms with Gasteiger partial charge in [-0.25, -0.2) is 9.97 Å². The van der Waals surface area contributed by atoms with E-state index in [2.05, 4.69) is 15.3 Å². The molecule has 1 aliphatic heterocycles. The van der Waals surface area contributed by atoms with Crippen LogP contribution in [-0.4, -0.2) is 29.2 Å². The highest BCUT2D eigenvalue weighted by Gasteiger charge is 2.14. The Morgan fingerprint density at radius 1 is 1.43 bits per heavy atom. The second-order valence-corrected chi connectivity index (χ2v) is 3.61. The Kier molecular flexibility index (Phi) is 3.16. The maximum atomic E-state index is 5.66. The Morgan fingerprint density at radius 2 is 2.21 bits per heavy atom. The summed E-state index contributed by atoms with van der Waals surface area (Å²) in [5.41, 5.74) is 0. The van der Waals surface area contributed by atoms with Crippen LogP contribution in [0.5, 0.6) is 5.75 Å². The van der Waals surface area contributed by atoms with E-state index in [-0.39, 0.29) is 11.4 Å². The second-order valence-electron chi connectivity index (χ2n) is 3.27. The van der Waals surface area contributed by atoms with Crippen LogP contribution in [0.2, 0.25) is 5.28 Å². The molecule has 0 aliphatic carbocycles. The molecular weight excluding hydrogens is 202 g/mol. The number of piperidine rings is 1. The van der Waals surface area contributed by atoms with E-state index in [1.807, 2.05) is 0 Å². The van der Waals surface area contributed by atoms with Crippen LogP contribution >= 0.6 is 11.6 Å². The van der Waals surface area contributed by atoms with Gasteiger partial charge in [-0.2, -0.15) is 0 Å². The van der Waals surface area contributed by atoms with Gasteiger partial charge in [-0.3, -0.25) is 0 Å². The fraction of sp³-hybridized carbons (Fsp3) is 0.556. The zero-order valence-corrected chi connectivity index (χ0v) is 8.50. The average molecular weight is 214 g/mol. The summed E-state index contributed by atoms with van der Waals surface area (Å²) in [6, 6.07) is 0. The van der Waals surface area contributed by atoms with Crippen LogP contribution in [0.15, 0.2) is 12.4 Å². The highest BCUT2D eigenvalue weighted by Crippen LogP contribution is 2.14. The van der Waals surface area contributed by atoms with Crippen LogP contribution in [-0.2, 0) is 0 Å². The molecule has 0 bridgehead atoms. The molecule has 1 saturated heterocycles. The smallest absolute Gasteiger partial charge is 0.222 e. The van der Waals surface area contributed by atoms with Gasteiger partial charge in [0.2, 0.25) is 5.28 Å². The van der Waals surface area contributed by atoms with Crippen molar-refractivity contribution >= 4 is 11.6 Å². The Morgan fingerprint density at radius 3 is 2.86 bits per heavy atom. The van der Waals surface area contributed by atoms with Crippen molar-refractivity contribution in [3.8, 4) is 5.75 Å². The molecule has 0 spiro atoms. The molecule has 1 aromatic heterocycles. The first-order valence-corrected chi connectivity index (χ1v) is 5.07. The fourth-order valence-electron chi connectivity index (χ4n) is 1.47. The molecule has 0 amide bonds. The summed E-state index contributed by atoms with van der Waals surface area (Å²) in [6.45, 7) is 1.97. The van der Waals surface area contributed by atoms with Crippen molar-refractivity contribution in [2.75, 3.05) is 13.1 Å². The van der Waals surface area contributed by atoms with Gasteiger partial charge in [0.05, 0.1) is 12.4 Å². The third kappa shape index (κ3) is 2.56. The first kappa shape index (κ1) is 9.68. The van der Waals surface area contributed by atoms with Crippen LogP contribution < -0.4 is 10.1 Å². The first-order chi connectivity index (χ1) is 6.84. The van der Waals surface area contributed by atoms with Crippen LogP contribution in [0.4, 0.5) is 0 Å². The van der Waals surface area contributed by atoms with Gasteiger partial charge in [-0.1, -0.05) is 0 Å². The van der Waals surface area contributed by atoms with Crippen LogP contribution in [0.1, 0.15) is 12.8 Å². The Balaban J connectivity index is 1.92. The number of ether oxygens (including phenoxy) is 1. The molecular formula is C9H12ClN3O. The number of rotatable bonds is 2. The molecule has 1 aromatic rings. The lowest BCUT2D eigenvalue weighted by molar-refractivity contribution is 0.166. The average Bonchev–Trinajstić information content (AvgIpc) is 2.23. The maximum absolute atomic E-state index is 5.66. The number of halogens is 1. The van der Waals surface area contributed by atoms with Crippen molar-refractivity contribution in [3.05, 3.63) is 17.7 Å². The predicted octanol–water partition coefficient (Wildman–Crippen LogP) is 1.26. The molecule has 1 atom stereocenters. The molecule has 5 heteroatoms. The van der Waals surface area contributed by atoms with Gasteiger partial charge in [-0.05, 0) is 31.0 Å². The van der Waals surface area contributed by atoms with Crippen LogP contribution in [0.3, 0.4) is 0 Å². The third-order valence-corrected chi connectivity index (χ3v) is 2.35. The van der Waals surface area contributed by atoms with Crippen molar-refractivity contribution < 1.29 is 4.74 Å². The van der Waals surface area contributed by atoms with Gasteiger partial charge in [-0.15, -0.1) is 0 Å². The quantitative estimate of drug-likeness (QED) is 0.752. The molecule has 4 nitrogen and oxygen atoms in total. The summed E-state index contributed by atoms with van der Waals surface area (Å²) < 4.78 is 5.66. The van der Waals surface area contributed by atoms with Crippen LogP contribution in [0.25, 0.3) is 0 Å². The maximum Gasteiger partial charge on any atom is 0.222 e. The molecule has 1 unspecified atom stereocenters. The standard InChI is InChI=1S/C9H12ClN3O/c10-9-12-5-8(6-13-9)14-7-2-1-3-11-4-7/h5-7,11H,1-4H2. The van der Waals surface area contributed by atoms with Crippen LogP contribution in [0, 0.1) is 0 Å². The van der Waals surface area contributed by atoms with Gasteiger partial charge in [0.25, 0.3) is 0 Å². The number of hydrogen-bond acceptors (Lipinski definition) is 4. The molecule has 0 aromatic carbocycles. The Hall–Kier alpha value is -0.870. The summed E-state index contributed by atoms with van der Waals surface area (Å²) in [6.07, 6.45) is 5.66. The highest BCUT2D eigenvalue weighted by molar-refractivity contribution is 6.28. The van der Waals surface area contributed by atoms with Gasteiger partial charge in [0.1, 0.15) is 6.10 Å². The molecule has 2 rings (SSSR count). The second kappa shape index (κ2) is 4.57. The van der Waals surface area contributed by atoms with Gasteiger partial charge in [0, 0.05) is 6.54 Å². The largest absolute Gasteiger partial charge is 0.486 e. The van der Waals surface area contributed by atoms with Gasteiger partial charge >= 0.3 is 0 Å². The summed E-state index contributed by atoms with van der Waals surface area (Å²) in [5, 5.41) is 3.52. The molecule has 2 heterocycles. The summed E-state index contributed by atoms with van der Waals surface area (Å²) >= 11 is 5.56. The molecule has 14 heavy (non-hydrogen) atoms. The normalized spacial score (nSPS) is 21.9. The predicted molar refractivity (Wildman–Crippen MR) is 53.6 cm³/mol. The number of nitrogens with one attached hydrogen (secondary N) is 1. The minimum Gasteiger partial charge on any atom is -0.486 e. The summed E-state index contributed by atoms with van der Waals surface area (Å²) in [7, 11) is 0. The lowest BCUT2D eigenvalue weighted by atomic mass is 10.1. The Labute approximate surface area is 87.7 Å². The zero-order valence-electron chi connectivity index (χ0n) is 7.74. The fourth-order valence-corrected chi connectivity index (χ4v) is 1.57.